The van der Waals surface area contributed by atoms with Gasteiger partial charge in [0.1, 0.15) is 18.2 Å². The van der Waals surface area contributed by atoms with E-state index in [1.54, 1.807) is 24.4 Å². The monoisotopic (exact) mass is 584 g/mol. The van der Waals surface area contributed by atoms with Gasteiger partial charge in [0.05, 0.1) is 22.0 Å². The van der Waals surface area contributed by atoms with Gasteiger partial charge in [-0.05, 0) is 52.7 Å². The standard InChI is InChI=1S/C30H25BrN4O4/c1-30(2,3)29-33-26-14-11-21(31)16-24(26)28(36)34(29)32-17-25-23-7-5-4-6-20(23)10-15-27(25)39-18-19-8-12-22(13-9-19)35(37)38/h4-17H,18H2,1-3H3. The van der Waals surface area contributed by atoms with Gasteiger partial charge in [-0.1, -0.05) is 67.0 Å². The second kappa shape index (κ2) is 10.4. The van der Waals surface area contributed by atoms with Gasteiger partial charge in [-0.2, -0.15) is 9.78 Å². The quantitative estimate of drug-likeness (QED) is 0.122. The highest BCUT2D eigenvalue weighted by Gasteiger charge is 2.23. The van der Waals surface area contributed by atoms with E-state index in [9.17, 15) is 14.9 Å². The van der Waals surface area contributed by atoms with Crippen LogP contribution in [0.2, 0.25) is 0 Å². The number of hydrogen-bond acceptors (Lipinski definition) is 6. The van der Waals surface area contributed by atoms with E-state index < -0.39 is 10.3 Å². The molecule has 1 aromatic heterocycles. The van der Waals surface area contributed by atoms with Crippen LogP contribution in [0.15, 0.2) is 93.2 Å². The zero-order valence-corrected chi connectivity index (χ0v) is 23.2. The van der Waals surface area contributed by atoms with Crippen molar-refractivity contribution in [2.75, 3.05) is 0 Å². The van der Waals surface area contributed by atoms with Crippen molar-refractivity contribution in [2.24, 2.45) is 5.10 Å². The Hall–Kier alpha value is -4.37. The highest BCUT2D eigenvalue weighted by Crippen LogP contribution is 2.28. The topological polar surface area (TPSA) is 99.6 Å². The molecule has 196 valence electrons. The van der Waals surface area contributed by atoms with E-state index >= 15 is 0 Å². The first-order valence-corrected chi connectivity index (χ1v) is 13.1. The normalized spacial score (nSPS) is 11.9. The summed E-state index contributed by atoms with van der Waals surface area (Å²) in [6, 6.07) is 23.3. The Balaban J connectivity index is 1.60. The van der Waals surface area contributed by atoms with Crippen LogP contribution in [0, 0.1) is 10.1 Å². The molecule has 0 saturated heterocycles. The number of non-ortho nitro benzene ring substituents is 1. The minimum absolute atomic E-state index is 0.0217. The average molecular weight is 585 g/mol. The fraction of sp³-hybridized carbons (Fsp3) is 0.167. The Morgan fingerprint density at radius 2 is 1.77 bits per heavy atom. The molecule has 0 atom stereocenters. The van der Waals surface area contributed by atoms with Crippen LogP contribution in [-0.4, -0.2) is 20.8 Å². The van der Waals surface area contributed by atoms with E-state index in [1.165, 1.54) is 16.8 Å². The van der Waals surface area contributed by atoms with Gasteiger partial charge in [-0.25, -0.2) is 4.98 Å². The smallest absolute Gasteiger partial charge is 0.282 e. The molecule has 0 aliphatic carbocycles. The van der Waals surface area contributed by atoms with Crippen molar-refractivity contribution in [1.29, 1.82) is 0 Å². The number of nitro benzene ring substituents is 1. The lowest BCUT2D eigenvalue weighted by Crippen LogP contribution is -2.29. The van der Waals surface area contributed by atoms with E-state index in [4.69, 9.17) is 9.72 Å². The van der Waals surface area contributed by atoms with E-state index in [0.717, 1.165) is 20.8 Å². The molecule has 0 N–H and O–H groups in total. The van der Waals surface area contributed by atoms with Crippen molar-refractivity contribution in [3.63, 3.8) is 0 Å². The Labute approximate surface area is 232 Å². The van der Waals surface area contributed by atoms with Gasteiger partial charge >= 0.3 is 0 Å². The van der Waals surface area contributed by atoms with Crippen molar-refractivity contribution < 1.29 is 9.66 Å². The molecule has 0 bridgehead atoms. The largest absolute Gasteiger partial charge is 0.488 e. The van der Waals surface area contributed by atoms with Gasteiger partial charge in [0.2, 0.25) is 0 Å². The molecule has 9 heteroatoms. The van der Waals surface area contributed by atoms with Gasteiger partial charge < -0.3 is 4.74 Å². The maximum atomic E-state index is 13.6. The second-order valence-electron chi connectivity index (χ2n) is 10.1. The molecule has 0 saturated carbocycles. The van der Waals surface area contributed by atoms with Crippen LogP contribution in [0.3, 0.4) is 0 Å². The van der Waals surface area contributed by atoms with Crippen molar-refractivity contribution >= 4 is 49.5 Å². The number of nitro groups is 1. The van der Waals surface area contributed by atoms with Gasteiger partial charge in [0.25, 0.3) is 11.2 Å². The highest BCUT2D eigenvalue weighted by atomic mass is 79.9. The molecule has 0 unspecified atom stereocenters. The predicted molar refractivity (Wildman–Crippen MR) is 157 cm³/mol. The molecule has 1 heterocycles. The molecule has 39 heavy (non-hydrogen) atoms. The van der Waals surface area contributed by atoms with E-state index in [0.29, 0.717) is 28.0 Å². The number of fused-ring (bicyclic) bond motifs is 2. The molecular weight excluding hydrogens is 560 g/mol. The lowest BCUT2D eigenvalue weighted by atomic mass is 9.95. The van der Waals surface area contributed by atoms with Crippen LogP contribution in [0.4, 0.5) is 5.69 Å². The lowest BCUT2D eigenvalue weighted by molar-refractivity contribution is -0.384. The second-order valence-corrected chi connectivity index (χ2v) is 11.0. The van der Waals surface area contributed by atoms with Crippen molar-refractivity contribution in [3.8, 4) is 5.75 Å². The third kappa shape index (κ3) is 5.44. The number of benzene rings is 4. The van der Waals surface area contributed by atoms with Crippen LogP contribution in [0.5, 0.6) is 5.75 Å². The third-order valence-corrected chi connectivity index (χ3v) is 6.75. The minimum Gasteiger partial charge on any atom is -0.488 e. The summed E-state index contributed by atoms with van der Waals surface area (Å²) in [5.74, 6) is 1.10. The molecular formula is C30H25BrN4O4. The highest BCUT2D eigenvalue weighted by molar-refractivity contribution is 9.10. The summed E-state index contributed by atoms with van der Waals surface area (Å²) < 4.78 is 8.30. The SMILES string of the molecule is CC(C)(C)c1nc2ccc(Br)cc2c(=O)n1N=Cc1c(OCc2ccc([N+](=O)[O-])cc2)ccc2ccccc12. The molecule has 0 fully saturated rings. The molecule has 0 aliphatic rings. The molecule has 5 aromatic rings. The Morgan fingerprint density at radius 3 is 2.49 bits per heavy atom. The lowest BCUT2D eigenvalue weighted by Gasteiger charge is -2.21. The number of aromatic nitrogens is 2. The summed E-state index contributed by atoms with van der Waals surface area (Å²) in [5.41, 5.74) is 1.40. The molecule has 5 rings (SSSR count). The van der Waals surface area contributed by atoms with Gasteiger partial charge in [-0.15, -0.1) is 0 Å². The average Bonchev–Trinajstić information content (AvgIpc) is 2.91. The molecule has 0 radical (unpaired) electrons. The van der Waals surface area contributed by atoms with Gasteiger partial charge in [0, 0.05) is 27.6 Å². The molecule has 4 aromatic carbocycles. The summed E-state index contributed by atoms with van der Waals surface area (Å²) in [4.78, 5) is 28.9. The molecule has 0 aliphatic heterocycles. The molecule has 0 spiro atoms. The Morgan fingerprint density at radius 1 is 1.03 bits per heavy atom. The summed E-state index contributed by atoms with van der Waals surface area (Å²) in [5, 5.41) is 18.0. The number of rotatable bonds is 6. The van der Waals surface area contributed by atoms with Crippen molar-refractivity contribution in [1.82, 2.24) is 9.66 Å². The Kier molecular flexibility index (Phi) is 7.01. The summed E-state index contributed by atoms with van der Waals surface area (Å²) in [6.45, 7) is 6.17. The molecule has 8 nitrogen and oxygen atoms in total. The summed E-state index contributed by atoms with van der Waals surface area (Å²) in [7, 11) is 0. The summed E-state index contributed by atoms with van der Waals surface area (Å²) in [6.07, 6.45) is 1.63. The van der Waals surface area contributed by atoms with Gasteiger partial charge in [-0.3, -0.25) is 14.9 Å². The van der Waals surface area contributed by atoms with Crippen LogP contribution in [-0.2, 0) is 12.0 Å². The first-order valence-electron chi connectivity index (χ1n) is 12.3. The zero-order valence-electron chi connectivity index (χ0n) is 21.6. The van der Waals surface area contributed by atoms with Crippen LogP contribution >= 0.6 is 15.9 Å². The van der Waals surface area contributed by atoms with Gasteiger partial charge in [0.15, 0.2) is 0 Å². The van der Waals surface area contributed by atoms with Crippen LogP contribution in [0.25, 0.3) is 21.7 Å². The number of hydrogen-bond donors (Lipinski definition) is 0. The van der Waals surface area contributed by atoms with E-state index in [2.05, 4.69) is 21.0 Å². The first-order chi connectivity index (χ1) is 18.6. The summed E-state index contributed by atoms with van der Waals surface area (Å²) >= 11 is 3.44. The fourth-order valence-corrected chi connectivity index (χ4v) is 4.63. The van der Waals surface area contributed by atoms with E-state index in [-0.39, 0.29) is 17.9 Å². The fourth-order valence-electron chi connectivity index (χ4n) is 4.27. The number of ether oxygens (including phenoxy) is 1. The number of nitrogens with zero attached hydrogens (tertiary/aromatic N) is 4. The predicted octanol–water partition coefficient (Wildman–Crippen LogP) is 6.98. The zero-order chi connectivity index (χ0) is 27.7. The minimum atomic E-state index is -0.453. The number of halogens is 1. The van der Waals surface area contributed by atoms with Crippen molar-refractivity contribution in [2.45, 2.75) is 32.8 Å². The third-order valence-electron chi connectivity index (χ3n) is 6.25. The first kappa shape index (κ1) is 26.2. The van der Waals surface area contributed by atoms with E-state index in [1.807, 2.05) is 69.3 Å². The maximum absolute atomic E-state index is 13.6. The van der Waals surface area contributed by atoms with Crippen molar-refractivity contribution in [3.05, 3.63) is 121 Å². The van der Waals surface area contributed by atoms with Crippen LogP contribution < -0.4 is 10.3 Å². The van der Waals surface area contributed by atoms with Crippen LogP contribution in [0.1, 0.15) is 37.7 Å². The maximum Gasteiger partial charge on any atom is 0.282 e. The molecule has 0 amide bonds. The Bertz CT molecular complexity index is 1810.